The smallest absolute Gasteiger partial charge is 0.242 e. The topological polar surface area (TPSA) is 58.1 Å². The number of hydrogen-bond acceptors (Lipinski definition) is 5. The number of amides is 1. The summed E-state index contributed by atoms with van der Waals surface area (Å²) in [4.78, 5) is 13.2. The van der Waals surface area contributed by atoms with Gasteiger partial charge in [-0.15, -0.1) is 0 Å². The minimum atomic E-state index is -0.231. The van der Waals surface area contributed by atoms with E-state index >= 15 is 0 Å². The summed E-state index contributed by atoms with van der Waals surface area (Å²) < 4.78 is 7.94. The normalized spacial score (nSPS) is 22.3. The fourth-order valence-corrected chi connectivity index (χ4v) is 2.17. The predicted molar refractivity (Wildman–Crippen MR) is 54.7 cm³/mol. The molecule has 0 aromatic carbocycles. The Morgan fingerprint density at radius 3 is 3.07 bits per heavy atom. The minimum absolute atomic E-state index is 0.000293. The fraction of sp³-hybridized carbons (Fsp3) is 0.571. The van der Waals surface area contributed by atoms with Crippen LogP contribution in [0.3, 0.4) is 0 Å². The lowest BCUT2D eigenvalue weighted by molar-refractivity contribution is -0.122. The van der Waals surface area contributed by atoms with Crippen molar-refractivity contribution in [2.75, 3.05) is 18.0 Å². The lowest BCUT2D eigenvalue weighted by atomic mass is 10.2. The van der Waals surface area contributed by atoms with Gasteiger partial charge in [-0.1, -0.05) is 11.6 Å². The summed E-state index contributed by atoms with van der Waals surface area (Å²) in [6, 6.07) is -0.231. The van der Waals surface area contributed by atoms with Gasteiger partial charge >= 0.3 is 0 Å². The van der Waals surface area contributed by atoms with Crippen LogP contribution in [0.4, 0.5) is 5.82 Å². The predicted octanol–water partition coefficient (Wildman–Crippen LogP) is 0.516. The molecule has 1 fully saturated rings. The van der Waals surface area contributed by atoms with Gasteiger partial charge < -0.3 is 10.2 Å². The summed E-state index contributed by atoms with van der Waals surface area (Å²) in [5.41, 5.74) is 0. The number of nitrogens with one attached hydrogen (secondary N) is 1. The van der Waals surface area contributed by atoms with Crippen molar-refractivity contribution >= 4 is 35.1 Å². The summed E-state index contributed by atoms with van der Waals surface area (Å²) >= 11 is 6.91. The van der Waals surface area contributed by atoms with Crippen LogP contribution in [0.2, 0.25) is 5.15 Å². The van der Waals surface area contributed by atoms with Crippen molar-refractivity contribution < 1.29 is 4.79 Å². The lowest BCUT2D eigenvalue weighted by Gasteiger charge is -2.32. The van der Waals surface area contributed by atoms with Gasteiger partial charge in [0.1, 0.15) is 6.04 Å². The van der Waals surface area contributed by atoms with Crippen molar-refractivity contribution in [2.24, 2.45) is 0 Å². The van der Waals surface area contributed by atoms with Gasteiger partial charge in [0.05, 0.1) is 11.7 Å². The highest BCUT2D eigenvalue weighted by molar-refractivity contribution is 6.99. The Morgan fingerprint density at radius 2 is 2.43 bits per heavy atom. The van der Waals surface area contributed by atoms with Crippen LogP contribution in [-0.4, -0.2) is 33.8 Å². The zero-order valence-corrected chi connectivity index (χ0v) is 9.10. The minimum Gasteiger partial charge on any atom is -0.353 e. The quantitative estimate of drug-likeness (QED) is 0.767. The highest BCUT2D eigenvalue weighted by Gasteiger charge is 2.28. The Balaban J connectivity index is 2.25. The molecular weight excluding hydrogens is 224 g/mol. The lowest BCUT2D eigenvalue weighted by Crippen LogP contribution is -2.54. The van der Waals surface area contributed by atoms with Crippen molar-refractivity contribution in [2.45, 2.75) is 13.0 Å². The molecule has 1 amide bonds. The Morgan fingerprint density at radius 1 is 1.64 bits per heavy atom. The molecule has 0 spiro atoms. The molecule has 1 aliphatic rings. The Labute approximate surface area is 90.4 Å². The van der Waals surface area contributed by atoms with Gasteiger partial charge in [0, 0.05) is 13.1 Å². The maximum atomic E-state index is 11.4. The van der Waals surface area contributed by atoms with E-state index in [9.17, 15) is 4.79 Å². The Kier molecular flexibility index (Phi) is 2.56. The monoisotopic (exact) mass is 232 g/mol. The molecule has 1 N–H and O–H groups in total. The number of nitrogens with zero attached hydrogens (tertiary/aromatic N) is 3. The number of halogens is 1. The molecule has 1 aliphatic heterocycles. The first-order valence-electron chi connectivity index (χ1n) is 4.22. The van der Waals surface area contributed by atoms with Crippen LogP contribution in [0.5, 0.6) is 0 Å². The van der Waals surface area contributed by atoms with Crippen LogP contribution in [0.1, 0.15) is 6.92 Å². The molecule has 76 valence electrons. The van der Waals surface area contributed by atoms with Crippen molar-refractivity contribution in [1.82, 2.24) is 14.1 Å². The molecular formula is C7H9ClN4OS. The molecule has 14 heavy (non-hydrogen) atoms. The highest BCUT2D eigenvalue weighted by atomic mass is 35.5. The second-order valence-electron chi connectivity index (χ2n) is 3.04. The Hall–Kier alpha value is -0.880. The summed E-state index contributed by atoms with van der Waals surface area (Å²) in [7, 11) is 0. The van der Waals surface area contributed by atoms with Crippen molar-refractivity contribution in [1.29, 1.82) is 0 Å². The standard InChI is InChI=1S/C7H9ClN4OS/c1-4-7(13)9-2-3-12(4)6-5(8)10-14-11-6/h4H,2-3H2,1H3,(H,9,13). The molecule has 5 nitrogen and oxygen atoms in total. The summed E-state index contributed by atoms with van der Waals surface area (Å²) in [5.74, 6) is 0.610. The maximum absolute atomic E-state index is 11.4. The third-order valence-electron chi connectivity index (χ3n) is 2.20. The van der Waals surface area contributed by atoms with Gasteiger partial charge in [0.25, 0.3) is 0 Å². The third-order valence-corrected chi connectivity index (χ3v) is 3.08. The zero-order valence-electron chi connectivity index (χ0n) is 7.53. The van der Waals surface area contributed by atoms with Gasteiger partial charge in [-0.25, -0.2) is 0 Å². The van der Waals surface area contributed by atoms with Gasteiger partial charge in [0.2, 0.25) is 5.91 Å². The van der Waals surface area contributed by atoms with Gasteiger partial charge in [0.15, 0.2) is 11.0 Å². The van der Waals surface area contributed by atoms with Gasteiger partial charge in [-0.05, 0) is 6.92 Å². The van der Waals surface area contributed by atoms with Crippen molar-refractivity contribution in [3.8, 4) is 0 Å². The first-order chi connectivity index (χ1) is 6.70. The van der Waals surface area contributed by atoms with Crippen LogP contribution in [0, 0.1) is 0 Å². The average Bonchev–Trinajstić information content (AvgIpc) is 2.57. The van der Waals surface area contributed by atoms with E-state index in [1.807, 2.05) is 11.8 Å². The summed E-state index contributed by atoms with van der Waals surface area (Å²) in [6.45, 7) is 3.17. The van der Waals surface area contributed by atoms with Crippen LogP contribution in [0.15, 0.2) is 0 Å². The van der Waals surface area contributed by atoms with Crippen LogP contribution in [-0.2, 0) is 4.79 Å². The third kappa shape index (κ3) is 1.55. The molecule has 2 rings (SSSR count). The number of carbonyl (C=O) groups is 1. The molecule has 1 saturated heterocycles. The number of carbonyl (C=O) groups excluding carboxylic acids is 1. The van der Waals surface area contributed by atoms with Gasteiger partial charge in [-0.2, -0.15) is 8.75 Å². The molecule has 7 heteroatoms. The molecule has 1 atom stereocenters. The van der Waals surface area contributed by atoms with E-state index in [1.54, 1.807) is 0 Å². The molecule has 1 aromatic heterocycles. The van der Waals surface area contributed by atoms with Crippen LogP contribution >= 0.6 is 23.3 Å². The average molecular weight is 233 g/mol. The molecule has 0 aliphatic carbocycles. The number of anilines is 1. The van der Waals surface area contributed by atoms with Crippen LogP contribution < -0.4 is 10.2 Å². The second-order valence-corrected chi connectivity index (χ2v) is 3.93. The summed E-state index contributed by atoms with van der Waals surface area (Å²) in [5, 5.41) is 3.15. The van der Waals surface area contributed by atoms with Gasteiger partial charge in [-0.3, -0.25) is 4.79 Å². The number of aromatic nitrogens is 2. The highest BCUT2D eigenvalue weighted by Crippen LogP contribution is 2.25. The van der Waals surface area contributed by atoms with E-state index in [0.717, 1.165) is 18.3 Å². The molecule has 1 aromatic rings. The summed E-state index contributed by atoms with van der Waals surface area (Å²) in [6.07, 6.45) is 0. The molecule has 0 bridgehead atoms. The van der Waals surface area contributed by atoms with Crippen LogP contribution in [0.25, 0.3) is 0 Å². The molecule has 1 unspecified atom stereocenters. The first kappa shape index (κ1) is 9.67. The molecule has 2 heterocycles. The molecule has 0 saturated carbocycles. The largest absolute Gasteiger partial charge is 0.353 e. The van der Waals surface area contributed by atoms with Crippen molar-refractivity contribution in [3.63, 3.8) is 0 Å². The fourth-order valence-electron chi connectivity index (χ4n) is 1.42. The van der Waals surface area contributed by atoms with E-state index < -0.39 is 0 Å². The van der Waals surface area contributed by atoms with E-state index in [4.69, 9.17) is 11.6 Å². The zero-order chi connectivity index (χ0) is 10.1. The number of rotatable bonds is 1. The van der Waals surface area contributed by atoms with E-state index in [1.165, 1.54) is 0 Å². The number of piperazine rings is 1. The number of hydrogen-bond donors (Lipinski definition) is 1. The SMILES string of the molecule is CC1C(=O)NCCN1c1nsnc1Cl. The van der Waals surface area contributed by atoms with E-state index in [0.29, 0.717) is 17.5 Å². The maximum Gasteiger partial charge on any atom is 0.242 e. The van der Waals surface area contributed by atoms with Crippen molar-refractivity contribution in [3.05, 3.63) is 5.15 Å². The second kappa shape index (κ2) is 3.70. The van der Waals surface area contributed by atoms with E-state index in [-0.39, 0.29) is 11.9 Å². The van der Waals surface area contributed by atoms with E-state index in [2.05, 4.69) is 14.1 Å². The first-order valence-corrected chi connectivity index (χ1v) is 5.33. The Bertz CT molecular complexity index is 355. The molecule has 0 radical (unpaired) electrons.